The molecule has 81 heavy (non-hydrogen) atoms. The summed E-state index contributed by atoms with van der Waals surface area (Å²) in [5, 5.41) is 10.2. The van der Waals surface area contributed by atoms with Crippen molar-refractivity contribution in [2.75, 3.05) is 9.80 Å². The van der Waals surface area contributed by atoms with Gasteiger partial charge in [-0.15, -0.1) is 0 Å². The first-order valence-electron chi connectivity index (χ1n) is 28.3. The summed E-state index contributed by atoms with van der Waals surface area (Å²) in [5.41, 5.74) is 24.9. The summed E-state index contributed by atoms with van der Waals surface area (Å²) >= 11 is 0. The van der Waals surface area contributed by atoms with Crippen LogP contribution in [-0.4, -0.2) is 0 Å². The molecule has 0 bridgehead atoms. The molecular weight excluding hydrogens is 977 g/mol. The minimum Gasteiger partial charge on any atom is -0.310 e. The van der Waals surface area contributed by atoms with Gasteiger partial charge >= 0.3 is 0 Å². The first-order valence-corrected chi connectivity index (χ1v) is 28.3. The fourth-order valence-corrected chi connectivity index (χ4v) is 12.1. The van der Waals surface area contributed by atoms with Crippen molar-refractivity contribution in [2.45, 2.75) is 48.5 Å². The quantitative estimate of drug-likeness (QED) is 0.0683. The Morgan fingerprint density at radius 1 is 0.247 bits per heavy atom. The lowest BCUT2D eigenvalue weighted by molar-refractivity contribution is 1.29. The SMILES string of the molecule is Cc1ccc(C(=Cc2ccc(N(c3ccc(C)cc3)c3ccc4c5c(C)ccc6c(N(c7ccc(C)cc7)c7ccc(/C=C(\c8ccccc8)c8ccc(C)cc8)cc7)ccc(c7c(C)ccc3c47)c65)cc2)c2ccc(C)cc2)cc1. The van der Waals surface area contributed by atoms with Gasteiger partial charge in [-0.2, -0.15) is 0 Å². The Balaban J connectivity index is 0.951. The van der Waals surface area contributed by atoms with E-state index in [1.54, 1.807) is 0 Å². The van der Waals surface area contributed by atoms with Crippen molar-refractivity contribution in [3.05, 3.63) is 321 Å². The molecule has 0 aliphatic heterocycles. The molecule has 0 radical (unpaired) electrons. The minimum absolute atomic E-state index is 1.10. The van der Waals surface area contributed by atoms with E-state index in [4.69, 9.17) is 0 Å². The van der Waals surface area contributed by atoms with Gasteiger partial charge in [0.2, 0.25) is 0 Å². The van der Waals surface area contributed by atoms with E-state index < -0.39 is 0 Å². The van der Waals surface area contributed by atoms with Crippen molar-refractivity contribution >= 4 is 101 Å². The monoisotopic (exact) mass is 1040 g/mol. The van der Waals surface area contributed by atoms with Gasteiger partial charge in [-0.3, -0.25) is 0 Å². The summed E-state index contributed by atoms with van der Waals surface area (Å²) in [4.78, 5) is 4.89. The third-order valence-corrected chi connectivity index (χ3v) is 16.4. The fraction of sp³-hybridized carbons (Fsp3) is 0.0886. The molecule has 13 aromatic rings. The highest BCUT2D eigenvalue weighted by Gasteiger charge is 2.24. The number of nitrogens with zero attached hydrogens (tertiary/aromatic N) is 2. The topological polar surface area (TPSA) is 6.48 Å². The van der Waals surface area contributed by atoms with Crippen LogP contribution in [0.1, 0.15) is 72.3 Å². The van der Waals surface area contributed by atoms with Gasteiger partial charge < -0.3 is 9.80 Å². The predicted molar refractivity (Wildman–Crippen MR) is 350 cm³/mol. The molecule has 0 aromatic heterocycles. The molecule has 0 spiro atoms. The van der Waals surface area contributed by atoms with Crippen LogP contribution in [0.2, 0.25) is 0 Å². The average molecular weight is 1040 g/mol. The number of fused-ring (bicyclic) bond motifs is 2. The molecule has 0 unspecified atom stereocenters. The molecule has 0 aliphatic rings. The van der Waals surface area contributed by atoms with Gasteiger partial charge in [-0.25, -0.2) is 0 Å². The molecule has 2 heteroatoms. The Hall–Kier alpha value is -9.76. The summed E-state index contributed by atoms with van der Waals surface area (Å²) in [7, 11) is 0. The molecule has 0 aliphatic carbocycles. The Bertz CT molecular complexity index is 4440. The summed E-state index contributed by atoms with van der Waals surface area (Å²) in [6.45, 7) is 15.3. The molecule has 0 N–H and O–H groups in total. The van der Waals surface area contributed by atoms with Gasteiger partial charge in [0.15, 0.2) is 0 Å². The zero-order valence-electron chi connectivity index (χ0n) is 47.2. The van der Waals surface area contributed by atoms with Crippen molar-refractivity contribution in [2.24, 2.45) is 0 Å². The third kappa shape index (κ3) is 9.64. The highest BCUT2D eigenvalue weighted by atomic mass is 15.1. The van der Waals surface area contributed by atoms with Crippen LogP contribution < -0.4 is 9.80 Å². The van der Waals surface area contributed by atoms with Crippen LogP contribution in [0.15, 0.2) is 249 Å². The van der Waals surface area contributed by atoms with Crippen molar-refractivity contribution in [3.63, 3.8) is 0 Å². The number of hydrogen-bond donors (Lipinski definition) is 0. The summed E-state index contributed by atoms with van der Waals surface area (Å²) < 4.78 is 0. The Morgan fingerprint density at radius 3 is 0.864 bits per heavy atom. The highest BCUT2D eigenvalue weighted by molar-refractivity contribution is 6.36. The smallest absolute Gasteiger partial charge is 0.0540 e. The zero-order chi connectivity index (χ0) is 55.3. The van der Waals surface area contributed by atoms with Gasteiger partial charge in [0, 0.05) is 33.5 Å². The first-order chi connectivity index (χ1) is 39.5. The summed E-state index contributed by atoms with van der Waals surface area (Å²) in [6, 6.07) is 92.4. The Labute approximate surface area is 477 Å². The predicted octanol–water partition coefficient (Wildman–Crippen LogP) is 22.0. The van der Waals surface area contributed by atoms with Crippen LogP contribution >= 0.6 is 0 Å². The maximum absolute atomic E-state index is 2.45. The Morgan fingerprint density at radius 2 is 0.531 bits per heavy atom. The van der Waals surface area contributed by atoms with E-state index in [0.29, 0.717) is 0 Å². The van der Waals surface area contributed by atoms with Crippen LogP contribution in [0.4, 0.5) is 34.1 Å². The molecule has 0 heterocycles. The van der Waals surface area contributed by atoms with E-state index in [1.165, 1.54) is 115 Å². The largest absolute Gasteiger partial charge is 0.310 e. The van der Waals surface area contributed by atoms with Crippen LogP contribution in [0.5, 0.6) is 0 Å². The molecule has 0 saturated carbocycles. The van der Waals surface area contributed by atoms with Crippen LogP contribution in [-0.2, 0) is 0 Å². The van der Waals surface area contributed by atoms with Gasteiger partial charge in [0.25, 0.3) is 0 Å². The van der Waals surface area contributed by atoms with E-state index in [1.807, 2.05) is 0 Å². The van der Waals surface area contributed by atoms with E-state index in [2.05, 4.69) is 319 Å². The van der Waals surface area contributed by atoms with Crippen molar-refractivity contribution in [3.8, 4) is 0 Å². The summed E-state index contributed by atoms with van der Waals surface area (Å²) in [6.07, 6.45) is 4.65. The number of anilines is 6. The maximum atomic E-state index is 2.45. The van der Waals surface area contributed by atoms with E-state index in [9.17, 15) is 0 Å². The fourth-order valence-electron chi connectivity index (χ4n) is 12.1. The van der Waals surface area contributed by atoms with Gasteiger partial charge in [0.1, 0.15) is 0 Å². The Kier molecular flexibility index (Phi) is 13.2. The molecule has 390 valence electrons. The molecule has 13 rings (SSSR count). The highest BCUT2D eigenvalue weighted by Crippen LogP contribution is 2.50. The summed E-state index contributed by atoms with van der Waals surface area (Å²) in [5.74, 6) is 0. The van der Waals surface area contributed by atoms with Gasteiger partial charge in [0.05, 0.1) is 11.4 Å². The van der Waals surface area contributed by atoms with E-state index in [0.717, 1.165) is 45.3 Å². The zero-order valence-corrected chi connectivity index (χ0v) is 47.2. The van der Waals surface area contributed by atoms with Crippen molar-refractivity contribution in [1.29, 1.82) is 0 Å². The lowest BCUT2D eigenvalue weighted by Crippen LogP contribution is -2.11. The lowest BCUT2D eigenvalue weighted by Gasteiger charge is -2.30. The van der Waals surface area contributed by atoms with E-state index >= 15 is 0 Å². The standard InChI is InChI=1S/C79H64N2/c1-51-13-29-61(30-14-51)72(60-11-9-8-10-12-60)49-58-25-39-66(40-26-58)80(64-35-19-54(4)20-36-64)74-47-45-70-77-57(7)24-44-69-75(48-46-71(79(69)77)76-56(6)23-43-68(74)78(70)76)81(65-37-21-55(5)22-38-65)67-41-27-59(28-42-67)50-73(62-31-15-52(2)16-32-62)63-33-17-53(3)18-34-63/h8-50H,1-7H3/b72-49+. The number of rotatable bonds is 12. The normalized spacial score (nSPS) is 11.7. The van der Waals surface area contributed by atoms with Crippen LogP contribution in [0.25, 0.3) is 66.4 Å². The lowest BCUT2D eigenvalue weighted by atomic mass is 9.85. The molecule has 0 atom stereocenters. The number of benzene rings is 13. The average Bonchev–Trinajstić information content (AvgIpc) is 3.24. The molecule has 13 aromatic carbocycles. The number of aryl methyl sites for hydroxylation is 7. The second-order valence-corrected chi connectivity index (χ2v) is 22.2. The van der Waals surface area contributed by atoms with Crippen LogP contribution in [0, 0.1) is 48.5 Å². The van der Waals surface area contributed by atoms with Gasteiger partial charge in [-0.1, -0.05) is 216 Å². The van der Waals surface area contributed by atoms with Gasteiger partial charge in [-0.05, 0) is 209 Å². The first kappa shape index (κ1) is 50.7. The molecule has 0 saturated heterocycles. The third-order valence-electron chi connectivity index (χ3n) is 16.4. The maximum Gasteiger partial charge on any atom is 0.0540 e. The molecular formula is C79H64N2. The van der Waals surface area contributed by atoms with Crippen molar-refractivity contribution in [1.82, 2.24) is 0 Å². The molecule has 2 nitrogen and oxygen atoms in total. The molecule has 0 fully saturated rings. The molecule has 0 amide bonds. The van der Waals surface area contributed by atoms with Crippen molar-refractivity contribution < 1.29 is 0 Å². The second kappa shape index (κ2) is 21.1. The van der Waals surface area contributed by atoms with E-state index in [-0.39, 0.29) is 0 Å². The number of hydrogen-bond acceptors (Lipinski definition) is 2. The minimum atomic E-state index is 1.10. The van der Waals surface area contributed by atoms with Crippen LogP contribution in [0.3, 0.4) is 0 Å². The second-order valence-electron chi connectivity index (χ2n) is 22.2.